The predicted molar refractivity (Wildman–Crippen MR) is 72.3 cm³/mol. The molecule has 1 amide bonds. The number of carbonyl (C=O) groups is 2. The van der Waals surface area contributed by atoms with Gasteiger partial charge in [0.15, 0.2) is 0 Å². The lowest BCUT2D eigenvalue weighted by Gasteiger charge is -2.07. The van der Waals surface area contributed by atoms with Crippen LogP contribution in [0.5, 0.6) is 5.75 Å². The first-order chi connectivity index (χ1) is 9.52. The van der Waals surface area contributed by atoms with Crippen molar-refractivity contribution in [2.24, 2.45) is 0 Å². The number of aromatic carboxylic acids is 1. The van der Waals surface area contributed by atoms with Crippen molar-refractivity contribution in [3.8, 4) is 5.75 Å². The molecule has 0 fully saturated rings. The highest BCUT2D eigenvalue weighted by atomic mass is 32.1. The van der Waals surface area contributed by atoms with Gasteiger partial charge in [0, 0.05) is 0 Å². The molecule has 0 aliphatic rings. The van der Waals surface area contributed by atoms with E-state index in [0.717, 1.165) is 17.6 Å². The number of aromatic nitrogens is 2. The lowest BCUT2D eigenvalue weighted by molar-refractivity contribution is 0.0696. The van der Waals surface area contributed by atoms with Crippen LogP contribution in [0.15, 0.2) is 18.2 Å². The number of aromatic hydroxyl groups is 1. The van der Waals surface area contributed by atoms with Crippen LogP contribution >= 0.6 is 11.5 Å². The van der Waals surface area contributed by atoms with E-state index in [1.165, 1.54) is 12.1 Å². The maximum absolute atomic E-state index is 12.0. The fourth-order valence-electron chi connectivity index (χ4n) is 1.56. The van der Waals surface area contributed by atoms with Crippen LogP contribution in [0.2, 0.25) is 0 Å². The van der Waals surface area contributed by atoms with Crippen LogP contribution in [0, 0.1) is 0 Å². The molecule has 0 spiro atoms. The van der Waals surface area contributed by atoms with Gasteiger partial charge in [-0.25, -0.2) is 4.79 Å². The number of phenolic OH excluding ortho intramolecular Hbond substituents is 1. The Labute approximate surface area is 118 Å². The zero-order valence-electron chi connectivity index (χ0n) is 10.5. The number of nitrogens with one attached hydrogen (secondary N) is 1. The van der Waals surface area contributed by atoms with Crippen molar-refractivity contribution >= 4 is 29.1 Å². The zero-order valence-corrected chi connectivity index (χ0v) is 11.3. The molecule has 8 heteroatoms. The Bertz CT molecular complexity index is 668. The van der Waals surface area contributed by atoms with Gasteiger partial charge in [-0.2, -0.15) is 0 Å². The van der Waals surface area contributed by atoms with E-state index in [4.69, 9.17) is 5.11 Å². The average Bonchev–Trinajstić information content (AvgIpc) is 2.89. The van der Waals surface area contributed by atoms with Gasteiger partial charge in [-0.3, -0.25) is 4.79 Å². The maximum atomic E-state index is 12.0. The first-order valence-electron chi connectivity index (χ1n) is 5.71. The molecule has 1 aromatic heterocycles. The molecular weight excluding hydrogens is 282 g/mol. The second kappa shape index (κ2) is 5.66. The Hall–Kier alpha value is -2.48. The third kappa shape index (κ3) is 2.75. The summed E-state index contributed by atoms with van der Waals surface area (Å²) >= 11 is 0.966. The number of rotatable bonds is 4. The number of nitrogens with zero attached hydrogens (tertiary/aromatic N) is 2. The zero-order chi connectivity index (χ0) is 14.7. The summed E-state index contributed by atoms with van der Waals surface area (Å²) in [6.07, 6.45) is 0.573. The number of carbonyl (C=O) groups excluding carboxylic acids is 1. The normalized spacial score (nSPS) is 10.2. The van der Waals surface area contributed by atoms with Crippen molar-refractivity contribution in [2.75, 3.05) is 5.32 Å². The maximum Gasteiger partial charge on any atom is 0.335 e. The second-order valence-corrected chi connectivity index (χ2v) is 4.65. The molecule has 0 bridgehead atoms. The Morgan fingerprint density at radius 2 is 2.15 bits per heavy atom. The standard InChI is InChI=1S/C12H11N3O4S/c1-2-7-10(20-15-14-7)11(17)13-8-4-3-6(12(18)19)5-9(8)16/h3-5,16H,2H2,1H3,(H,13,17)(H,18,19). The molecule has 0 unspecified atom stereocenters. The van der Waals surface area contributed by atoms with E-state index in [-0.39, 0.29) is 17.0 Å². The highest BCUT2D eigenvalue weighted by Crippen LogP contribution is 2.25. The number of aryl methyl sites for hydroxylation is 1. The van der Waals surface area contributed by atoms with Gasteiger partial charge < -0.3 is 15.5 Å². The summed E-state index contributed by atoms with van der Waals surface area (Å²) in [6.45, 7) is 1.85. The second-order valence-electron chi connectivity index (χ2n) is 3.89. The van der Waals surface area contributed by atoms with Gasteiger partial charge in [-0.05, 0) is 36.2 Å². The van der Waals surface area contributed by atoms with E-state index in [9.17, 15) is 14.7 Å². The molecule has 0 atom stereocenters. The lowest BCUT2D eigenvalue weighted by atomic mass is 10.2. The van der Waals surface area contributed by atoms with Gasteiger partial charge in [-0.15, -0.1) is 5.10 Å². The number of phenols is 1. The smallest absolute Gasteiger partial charge is 0.335 e. The van der Waals surface area contributed by atoms with Gasteiger partial charge in [0.2, 0.25) is 0 Å². The quantitative estimate of drug-likeness (QED) is 0.740. The van der Waals surface area contributed by atoms with Gasteiger partial charge in [0.25, 0.3) is 5.91 Å². The van der Waals surface area contributed by atoms with Crippen LogP contribution in [0.4, 0.5) is 5.69 Å². The fourth-order valence-corrected chi connectivity index (χ4v) is 2.21. The van der Waals surface area contributed by atoms with Gasteiger partial charge >= 0.3 is 5.97 Å². The van der Waals surface area contributed by atoms with Crippen LogP contribution < -0.4 is 5.32 Å². The van der Waals surface area contributed by atoms with Crippen molar-refractivity contribution in [2.45, 2.75) is 13.3 Å². The third-order valence-electron chi connectivity index (χ3n) is 2.59. The largest absolute Gasteiger partial charge is 0.506 e. The van der Waals surface area contributed by atoms with Crippen LogP contribution in [0.25, 0.3) is 0 Å². The van der Waals surface area contributed by atoms with Crippen LogP contribution in [-0.2, 0) is 6.42 Å². The van der Waals surface area contributed by atoms with E-state index in [2.05, 4.69) is 14.9 Å². The number of hydrogen-bond acceptors (Lipinski definition) is 6. The van der Waals surface area contributed by atoms with E-state index >= 15 is 0 Å². The number of benzene rings is 1. The van der Waals surface area contributed by atoms with Crippen LogP contribution in [0.3, 0.4) is 0 Å². The molecule has 1 aromatic carbocycles. The molecule has 0 saturated carbocycles. The van der Waals surface area contributed by atoms with Crippen molar-refractivity contribution < 1.29 is 19.8 Å². The highest BCUT2D eigenvalue weighted by Gasteiger charge is 2.17. The van der Waals surface area contributed by atoms with Crippen molar-refractivity contribution in [3.63, 3.8) is 0 Å². The van der Waals surface area contributed by atoms with Crippen molar-refractivity contribution in [1.82, 2.24) is 9.59 Å². The third-order valence-corrected chi connectivity index (χ3v) is 3.36. The molecule has 1 heterocycles. The average molecular weight is 293 g/mol. The number of anilines is 1. The molecular formula is C12H11N3O4S. The van der Waals surface area contributed by atoms with Crippen LogP contribution in [0.1, 0.15) is 32.6 Å². The molecule has 0 aliphatic carbocycles. The molecule has 0 saturated heterocycles. The molecule has 0 radical (unpaired) electrons. The number of hydrogen-bond donors (Lipinski definition) is 3. The summed E-state index contributed by atoms with van der Waals surface area (Å²) in [5.74, 6) is -1.90. The number of carboxylic acid groups (broad SMARTS) is 1. The Kier molecular flexibility index (Phi) is 3.94. The number of amides is 1. The first-order valence-corrected chi connectivity index (χ1v) is 6.49. The minimum atomic E-state index is -1.15. The lowest BCUT2D eigenvalue weighted by Crippen LogP contribution is -2.12. The molecule has 104 valence electrons. The highest BCUT2D eigenvalue weighted by molar-refractivity contribution is 7.08. The minimum absolute atomic E-state index is 0.0609. The first kappa shape index (κ1) is 13.9. The SMILES string of the molecule is CCc1nnsc1C(=O)Nc1ccc(C(=O)O)cc1O. The molecule has 20 heavy (non-hydrogen) atoms. The topological polar surface area (TPSA) is 112 Å². The van der Waals surface area contributed by atoms with E-state index in [1.54, 1.807) is 0 Å². The minimum Gasteiger partial charge on any atom is -0.506 e. The Balaban J connectivity index is 2.22. The fraction of sp³-hybridized carbons (Fsp3) is 0.167. The van der Waals surface area contributed by atoms with E-state index in [0.29, 0.717) is 17.0 Å². The molecule has 2 rings (SSSR count). The Morgan fingerprint density at radius 3 is 2.75 bits per heavy atom. The molecule has 7 nitrogen and oxygen atoms in total. The van der Waals surface area contributed by atoms with E-state index < -0.39 is 11.9 Å². The summed E-state index contributed by atoms with van der Waals surface area (Å²) in [4.78, 5) is 23.1. The van der Waals surface area contributed by atoms with Crippen molar-refractivity contribution in [3.05, 3.63) is 34.3 Å². The number of carboxylic acids is 1. The molecule has 2 aromatic rings. The van der Waals surface area contributed by atoms with Gasteiger partial charge in [0.05, 0.1) is 16.9 Å². The summed E-state index contributed by atoms with van der Waals surface area (Å²) in [7, 11) is 0. The molecule has 0 aliphatic heterocycles. The van der Waals surface area contributed by atoms with Crippen molar-refractivity contribution in [1.29, 1.82) is 0 Å². The summed E-state index contributed by atoms with van der Waals surface area (Å²) in [6, 6.07) is 3.70. The monoisotopic (exact) mass is 293 g/mol. The molecule has 3 N–H and O–H groups in total. The van der Waals surface area contributed by atoms with Crippen LogP contribution in [-0.4, -0.2) is 31.7 Å². The van der Waals surface area contributed by atoms with Gasteiger partial charge in [-0.1, -0.05) is 11.4 Å². The summed E-state index contributed by atoms with van der Waals surface area (Å²) < 4.78 is 3.71. The van der Waals surface area contributed by atoms with E-state index in [1.807, 2.05) is 6.92 Å². The summed E-state index contributed by atoms with van der Waals surface area (Å²) in [5.41, 5.74) is 0.652. The summed E-state index contributed by atoms with van der Waals surface area (Å²) in [5, 5.41) is 24.8. The predicted octanol–water partition coefficient (Wildman–Crippen LogP) is 1.76. The van der Waals surface area contributed by atoms with Gasteiger partial charge in [0.1, 0.15) is 10.6 Å². The Morgan fingerprint density at radius 1 is 1.40 bits per heavy atom.